The SMILES string of the molecule is CS(=O)(=O)N1Cc2ccccc2CC1C(=O)NCCc1c(F)cccc1F. The average Bonchev–Trinajstić information content (AvgIpc) is 2.62. The molecule has 0 saturated carbocycles. The van der Waals surface area contributed by atoms with E-state index in [4.69, 9.17) is 0 Å². The van der Waals surface area contributed by atoms with Crippen LogP contribution in [0, 0.1) is 11.6 Å². The van der Waals surface area contributed by atoms with E-state index in [1.807, 2.05) is 24.3 Å². The zero-order chi connectivity index (χ0) is 19.6. The molecule has 1 atom stereocenters. The monoisotopic (exact) mass is 394 g/mol. The van der Waals surface area contributed by atoms with Crippen LogP contribution in [0.25, 0.3) is 0 Å². The van der Waals surface area contributed by atoms with Gasteiger partial charge in [0.25, 0.3) is 0 Å². The summed E-state index contributed by atoms with van der Waals surface area (Å²) >= 11 is 0. The van der Waals surface area contributed by atoms with E-state index in [-0.39, 0.29) is 31.5 Å². The Balaban J connectivity index is 1.72. The normalized spacial score (nSPS) is 17.4. The minimum Gasteiger partial charge on any atom is -0.354 e. The number of fused-ring (bicyclic) bond motifs is 1. The fraction of sp³-hybridized carbons (Fsp3) is 0.316. The van der Waals surface area contributed by atoms with Gasteiger partial charge in [-0.05, 0) is 36.1 Å². The van der Waals surface area contributed by atoms with Crippen molar-refractivity contribution in [1.82, 2.24) is 9.62 Å². The van der Waals surface area contributed by atoms with Gasteiger partial charge in [-0.3, -0.25) is 4.79 Å². The maximum absolute atomic E-state index is 13.7. The molecule has 0 saturated heterocycles. The molecule has 1 amide bonds. The molecule has 5 nitrogen and oxygen atoms in total. The Kier molecular flexibility index (Phi) is 5.57. The van der Waals surface area contributed by atoms with Gasteiger partial charge in [-0.1, -0.05) is 30.3 Å². The number of rotatable bonds is 5. The first kappa shape index (κ1) is 19.4. The third-order valence-electron chi connectivity index (χ3n) is 4.67. The number of hydrogen-bond acceptors (Lipinski definition) is 3. The Morgan fingerprint density at radius 2 is 1.74 bits per heavy atom. The number of halogens is 2. The summed E-state index contributed by atoms with van der Waals surface area (Å²) in [5.74, 6) is -1.83. The highest BCUT2D eigenvalue weighted by Crippen LogP contribution is 2.25. The molecule has 2 aromatic carbocycles. The predicted octanol–water partition coefficient (Wildman–Crippen LogP) is 2.01. The van der Waals surface area contributed by atoms with Crippen molar-refractivity contribution in [3.63, 3.8) is 0 Å². The highest BCUT2D eigenvalue weighted by atomic mass is 32.2. The van der Waals surface area contributed by atoms with Crippen LogP contribution in [-0.2, 0) is 34.2 Å². The number of nitrogens with one attached hydrogen (secondary N) is 1. The number of sulfonamides is 1. The van der Waals surface area contributed by atoms with E-state index in [1.54, 1.807) is 0 Å². The van der Waals surface area contributed by atoms with Gasteiger partial charge in [0.05, 0.1) is 6.26 Å². The van der Waals surface area contributed by atoms with Gasteiger partial charge >= 0.3 is 0 Å². The largest absolute Gasteiger partial charge is 0.354 e. The Labute approximate surface area is 157 Å². The van der Waals surface area contributed by atoms with Crippen LogP contribution in [0.3, 0.4) is 0 Å². The molecule has 3 rings (SSSR count). The van der Waals surface area contributed by atoms with Gasteiger partial charge in [-0.15, -0.1) is 0 Å². The fourth-order valence-corrected chi connectivity index (χ4v) is 4.28. The second-order valence-electron chi connectivity index (χ2n) is 6.54. The standard InChI is InChI=1S/C19H20F2N2O3S/c1-27(25,26)23-12-14-6-3-2-5-13(14)11-18(23)19(24)22-10-9-15-16(20)7-4-8-17(15)21/h2-8,18H,9-12H2,1H3,(H,22,24). The Hall–Kier alpha value is -2.32. The molecule has 0 bridgehead atoms. The van der Waals surface area contributed by atoms with Crippen LogP contribution in [0.1, 0.15) is 16.7 Å². The van der Waals surface area contributed by atoms with Crippen molar-refractivity contribution in [3.8, 4) is 0 Å². The first-order chi connectivity index (χ1) is 12.8. The van der Waals surface area contributed by atoms with E-state index >= 15 is 0 Å². The topological polar surface area (TPSA) is 66.5 Å². The van der Waals surface area contributed by atoms with Crippen LogP contribution in [0.4, 0.5) is 8.78 Å². The molecule has 1 aliphatic rings. The van der Waals surface area contributed by atoms with E-state index in [1.165, 1.54) is 6.07 Å². The quantitative estimate of drug-likeness (QED) is 0.844. The summed E-state index contributed by atoms with van der Waals surface area (Å²) in [6, 6.07) is 10.1. The molecule has 1 heterocycles. The van der Waals surface area contributed by atoms with Crippen molar-refractivity contribution in [3.05, 3.63) is 70.8 Å². The molecule has 27 heavy (non-hydrogen) atoms. The Bertz CT molecular complexity index is 943. The first-order valence-corrected chi connectivity index (χ1v) is 10.4. The molecule has 0 fully saturated rings. The average molecular weight is 394 g/mol. The van der Waals surface area contributed by atoms with Crippen LogP contribution < -0.4 is 5.32 Å². The van der Waals surface area contributed by atoms with Gasteiger partial charge in [0, 0.05) is 18.7 Å². The van der Waals surface area contributed by atoms with E-state index in [2.05, 4.69) is 5.32 Å². The molecule has 0 aromatic heterocycles. The zero-order valence-electron chi connectivity index (χ0n) is 14.8. The highest BCUT2D eigenvalue weighted by Gasteiger charge is 2.36. The zero-order valence-corrected chi connectivity index (χ0v) is 15.6. The third kappa shape index (κ3) is 4.33. The molecular formula is C19H20F2N2O3S. The highest BCUT2D eigenvalue weighted by molar-refractivity contribution is 7.88. The van der Waals surface area contributed by atoms with Crippen molar-refractivity contribution in [1.29, 1.82) is 0 Å². The van der Waals surface area contributed by atoms with Crippen molar-refractivity contribution in [2.75, 3.05) is 12.8 Å². The number of hydrogen-bond donors (Lipinski definition) is 1. The number of carbonyl (C=O) groups is 1. The van der Waals surface area contributed by atoms with E-state index in [9.17, 15) is 22.0 Å². The summed E-state index contributed by atoms with van der Waals surface area (Å²) in [6.07, 6.45) is 1.30. The molecule has 0 spiro atoms. The number of carbonyl (C=O) groups excluding carboxylic acids is 1. The van der Waals surface area contributed by atoms with E-state index in [0.29, 0.717) is 0 Å². The lowest BCUT2D eigenvalue weighted by Crippen LogP contribution is -2.52. The maximum Gasteiger partial charge on any atom is 0.238 e. The van der Waals surface area contributed by atoms with Gasteiger partial charge in [0.1, 0.15) is 17.7 Å². The molecule has 0 aliphatic carbocycles. The molecule has 144 valence electrons. The number of amides is 1. The minimum absolute atomic E-state index is 0.00638. The van der Waals surface area contributed by atoms with Gasteiger partial charge in [-0.25, -0.2) is 17.2 Å². The molecule has 8 heteroatoms. The predicted molar refractivity (Wildman–Crippen MR) is 97.4 cm³/mol. The van der Waals surface area contributed by atoms with Crippen LogP contribution >= 0.6 is 0 Å². The third-order valence-corrected chi connectivity index (χ3v) is 5.91. The summed E-state index contributed by atoms with van der Waals surface area (Å²) < 4.78 is 52.8. The summed E-state index contributed by atoms with van der Waals surface area (Å²) in [7, 11) is -3.60. The van der Waals surface area contributed by atoms with Gasteiger partial charge in [0.2, 0.25) is 15.9 Å². The lowest BCUT2D eigenvalue weighted by Gasteiger charge is -2.34. The van der Waals surface area contributed by atoms with Crippen LogP contribution in [0.5, 0.6) is 0 Å². The molecule has 1 N–H and O–H groups in total. The van der Waals surface area contributed by atoms with Crippen molar-refractivity contribution in [2.45, 2.75) is 25.4 Å². The van der Waals surface area contributed by atoms with Crippen LogP contribution in [0.2, 0.25) is 0 Å². The van der Waals surface area contributed by atoms with Crippen LogP contribution in [0.15, 0.2) is 42.5 Å². The Morgan fingerprint density at radius 1 is 1.11 bits per heavy atom. The minimum atomic E-state index is -3.60. The second-order valence-corrected chi connectivity index (χ2v) is 8.47. The van der Waals surface area contributed by atoms with E-state index in [0.717, 1.165) is 33.8 Å². The van der Waals surface area contributed by atoms with Gasteiger partial charge in [-0.2, -0.15) is 4.31 Å². The summed E-state index contributed by atoms with van der Waals surface area (Å²) in [4.78, 5) is 12.6. The second kappa shape index (κ2) is 7.74. The molecule has 2 aromatic rings. The van der Waals surface area contributed by atoms with Crippen molar-refractivity contribution in [2.24, 2.45) is 0 Å². The Morgan fingerprint density at radius 3 is 2.37 bits per heavy atom. The van der Waals surface area contributed by atoms with Crippen LogP contribution in [-0.4, -0.2) is 37.5 Å². The summed E-state index contributed by atoms with van der Waals surface area (Å²) in [5.41, 5.74) is 1.67. The lowest BCUT2D eigenvalue weighted by atomic mass is 9.95. The smallest absolute Gasteiger partial charge is 0.238 e. The first-order valence-electron chi connectivity index (χ1n) is 8.51. The summed E-state index contributed by atoms with van der Waals surface area (Å²) in [5, 5.41) is 2.61. The van der Waals surface area contributed by atoms with Crippen molar-refractivity contribution < 1.29 is 22.0 Å². The van der Waals surface area contributed by atoms with Crippen molar-refractivity contribution >= 4 is 15.9 Å². The lowest BCUT2D eigenvalue weighted by molar-refractivity contribution is -0.125. The van der Waals surface area contributed by atoms with E-state index < -0.39 is 33.6 Å². The molecule has 1 aliphatic heterocycles. The molecule has 0 radical (unpaired) electrons. The molecular weight excluding hydrogens is 374 g/mol. The number of benzene rings is 2. The maximum atomic E-state index is 13.7. The summed E-state index contributed by atoms with van der Waals surface area (Å²) in [6.45, 7) is 0.126. The van der Waals surface area contributed by atoms with Gasteiger partial charge in [0.15, 0.2) is 0 Å². The van der Waals surface area contributed by atoms with Gasteiger partial charge < -0.3 is 5.32 Å². The number of nitrogens with zero attached hydrogens (tertiary/aromatic N) is 1. The fourth-order valence-electron chi connectivity index (χ4n) is 3.27. The molecule has 1 unspecified atom stereocenters.